The quantitative estimate of drug-likeness (QED) is 0.282. The van der Waals surface area contributed by atoms with Crippen molar-refractivity contribution in [3.63, 3.8) is 0 Å². The number of ether oxygens (including phenoxy) is 3. The number of carbonyl (C=O) groups is 1. The molecule has 2 aromatic carbocycles. The molecule has 1 N–H and O–H groups in total. The van der Waals surface area contributed by atoms with E-state index in [1.165, 1.54) is 0 Å². The van der Waals surface area contributed by atoms with Crippen molar-refractivity contribution in [3.05, 3.63) is 75.7 Å². The van der Waals surface area contributed by atoms with Gasteiger partial charge in [0.1, 0.15) is 18.1 Å². The summed E-state index contributed by atoms with van der Waals surface area (Å²) in [5.41, 5.74) is 6.67. The Hall–Kier alpha value is -3.63. The molecular weight excluding hydrogens is 579 g/mol. The number of carbonyl (C=O) groups excluding carboxylic acids is 1. The van der Waals surface area contributed by atoms with Gasteiger partial charge in [-0.3, -0.25) is 9.78 Å². The van der Waals surface area contributed by atoms with Gasteiger partial charge in [-0.2, -0.15) is 5.10 Å². The molecule has 2 aliphatic rings. The summed E-state index contributed by atoms with van der Waals surface area (Å²) >= 11 is 12.5. The van der Waals surface area contributed by atoms with E-state index in [0.717, 1.165) is 52.3 Å². The predicted octanol–water partition coefficient (Wildman–Crippen LogP) is 5.86. The molecule has 42 heavy (non-hydrogen) atoms. The maximum Gasteiger partial charge on any atom is 0.210 e. The minimum atomic E-state index is -0.111. The van der Waals surface area contributed by atoms with Crippen LogP contribution in [0.1, 0.15) is 30.7 Å². The Bertz CT molecular complexity index is 1600. The molecule has 0 aliphatic carbocycles. The van der Waals surface area contributed by atoms with Crippen LogP contribution in [0.2, 0.25) is 10.0 Å². The number of rotatable bonds is 5. The van der Waals surface area contributed by atoms with Gasteiger partial charge in [-0.15, -0.1) is 0 Å². The van der Waals surface area contributed by atoms with Crippen LogP contribution in [-0.4, -0.2) is 63.6 Å². The van der Waals surface area contributed by atoms with E-state index in [1.807, 2.05) is 55.8 Å². The summed E-state index contributed by atoms with van der Waals surface area (Å²) in [6.45, 7) is 8.29. The second kappa shape index (κ2) is 12.3. The first kappa shape index (κ1) is 29.8. The summed E-state index contributed by atoms with van der Waals surface area (Å²) < 4.78 is 18.8. The van der Waals surface area contributed by atoms with Crippen LogP contribution >= 0.6 is 23.2 Å². The zero-order valence-electron chi connectivity index (χ0n) is 23.9. The molecule has 0 bridgehead atoms. The van der Waals surface area contributed by atoms with E-state index in [2.05, 4.69) is 4.98 Å². The number of morpholine rings is 1. The maximum atomic E-state index is 10.4. The first-order valence-electron chi connectivity index (χ1n) is 13.4. The fourth-order valence-electron chi connectivity index (χ4n) is 5.05. The highest BCUT2D eigenvalue weighted by Crippen LogP contribution is 2.46. The van der Waals surface area contributed by atoms with Gasteiger partial charge in [0, 0.05) is 57.3 Å². The second-order valence-corrected chi connectivity index (χ2v) is 11.6. The van der Waals surface area contributed by atoms with Crippen molar-refractivity contribution >= 4 is 29.6 Å². The number of aryl methyl sites for hydroxylation is 1. The van der Waals surface area contributed by atoms with Crippen molar-refractivity contribution < 1.29 is 24.1 Å². The lowest BCUT2D eigenvalue weighted by molar-refractivity contribution is -0.132. The smallest absolute Gasteiger partial charge is 0.210 e. The minimum absolute atomic E-state index is 0.0944. The van der Waals surface area contributed by atoms with Gasteiger partial charge in [0.15, 0.2) is 0 Å². The van der Waals surface area contributed by atoms with E-state index in [9.17, 15) is 9.90 Å². The highest BCUT2D eigenvalue weighted by molar-refractivity contribution is 6.34. The van der Waals surface area contributed by atoms with Crippen molar-refractivity contribution in [2.24, 2.45) is 0 Å². The average Bonchev–Trinajstić information content (AvgIpc) is 3.32. The standard InChI is InChI=1S/C24H19Cl2N3O3.C7H13NO2/c1-13-21-12-32-23-8-22(31-2)19(15-3-14(11-30)9-27-10-15)7-20(23)24(21)29(28-13)18-5-16(25)4-17(26)6-18;1-7(2)5-10-4-3-8(7)6-9/h3-10,30H,11-12H2,1-2H3;6H,3-5H2,1-2H3. The van der Waals surface area contributed by atoms with Crippen LogP contribution in [0.4, 0.5) is 0 Å². The van der Waals surface area contributed by atoms with E-state index in [4.69, 9.17) is 42.5 Å². The van der Waals surface area contributed by atoms with Crippen LogP contribution in [0.5, 0.6) is 11.5 Å². The largest absolute Gasteiger partial charge is 0.496 e. The van der Waals surface area contributed by atoms with Gasteiger partial charge in [-0.25, -0.2) is 4.68 Å². The lowest BCUT2D eigenvalue weighted by Gasteiger charge is -2.39. The molecule has 0 saturated carbocycles. The Morgan fingerprint density at radius 2 is 1.86 bits per heavy atom. The Labute approximate surface area is 254 Å². The lowest BCUT2D eigenvalue weighted by atomic mass is 9.96. The Morgan fingerprint density at radius 1 is 1.10 bits per heavy atom. The minimum Gasteiger partial charge on any atom is -0.496 e. The highest BCUT2D eigenvalue weighted by atomic mass is 35.5. The van der Waals surface area contributed by atoms with Gasteiger partial charge in [0.25, 0.3) is 0 Å². The third-order valence-corrected chi connectivity index (χ3v) is 7.77. The fourth-order valence-corrected chi connectivity index (χ4v) is 5.57. The molecule has 4 heterocycles. The molecule has 220 valence electrons. The van der Waals surface area contributed by atoms with Crippen molar-refractivity contribution in [2.75, 3.05) is 26.9 Å². The van der Waals surface area contributed by atoms with E-state index in [-0.39, 0.29) is 12.1 Å². The number of aliphatic hydroxyl groups is 1. The molecule has 11 heteroatoms. The average molecular weight is 612 g/mol. The first-order chi connectivity index (χ1) is 20.1. The Morgan fingerprint density at radius 3 is 2.50 bits per heavy atom. The summed E-state index contributed by atoms with van der Waals surface area (Å²) in [5.74, 6) is 1.34. The van der Waals surface area contributed by atoms with Gasteiger partial charge in [0.05, 0.1) is 49.5 Å². The molecule has 0 atom stereocenters. The molecule has 4 aromatic rings. The number of aromatic nitrogens is 3. The van der Waals surface area contributed by atoms with E-state index in [1.54, 1.807) is 30.5 Å². The number of fused-ring (bicyclic) bond motifs is 3. The Kier molecular flexibility index (Phi) is 8.75. The molecule has 0 radical (unpaired) electrons. The van der Waals surface area contributed by atoms with E-state index in [0.29, 0.717) is 46.9 Å². The monoisotopic (exact) mass is 610 g/mol. The summed E-state index contributed by atoms with van der Waals surface area (Å²) in [4.78, 5) is 16.5. The van der Waals surface area contributed by atoms with Crippen molar-refractivity contribution in [1.29, 1.82) is 0 Å². The molecule has 9 nitrogen and oxygen atoms in total. The van der Waals surface area contributed by atoms with Crippen LogP contribution in [0.3, 0.4) is 0 Å². The summed E-state index contributed by atoms with van der Waals surface area (Å²) in [7, 11) is 1.62. The zero-order chi connectivity index (χ0) is 30.0. The number of hydrogen-bond acceptors (Lipinski definition) is 7. The lowest BCUT2D eigenvalue weighted by Crippen LogP contribution is -2.52. The van der Waals surface area contributed by atoms with Crippen LogP contribution in [0.15, 0.2) is 48.8 Å². The maximum absolute atomic E-state index is 10.4. The topological polar surface area (TPSA) is 98.9 Å². The van der Waals surface area contributed by atoms with Crippen LogP contribution in [-0.2, 0) is 22.7 Å². The summed E-state index contributed by atoms with van der Waals surface area (Å²) in [6.07, 6.45) is 4.27. The molecule has 1 amide bonds. The highest BCUT2D eigenvalue weighted by Gasteiger charge is 2.29. The van der Waals surface area contributed by atoms with E-state index < -0.39 is 0 Å². The van der Waals surface area contributed by atoms with Crippen molar-refractivity contribution in [3.8, 4) is 39.6 Å². The number of pyridine rings is 1. The van der Waals surface area contributed by atoms with Crippen LogP contribution in [0.25, 0.3) is 28.1 Å². The molecule has 6 rings (SSSR count). The molecule has 2 aromatic heterocycles. The van der Waals surface area contributed by atoms with Gasteiger partial charge >= 0.3 is 0 Å². The third kappa shape index (κ3) is 5.96. The molecule has 2 aliphatic heterocycles. The molecule has 1 fully saturated rings. The second-order valence-electron chi connectivity index (χ2n) is 10.7. The van der Waals surface area contributed by atoms with E-state index >= 15 is 0 Å². The number of halogens is 2. The molecule has 0 unspecified atom stereocenters. The van der Waals surface area contributed by atoms with Crippen LogP contribution in [0, 0.1) is 6.92 Å². The summed E-state index contributed by atoms with van der Waals surface area (Å²) in [5, 5.41) is 15.4. The fraction of sp³-hybridized carbons (Fsp3) is 0.323. The molecule has 0 spiro atoms. The van der Waals surface area contributed by atoms with Crippen molar-refractivity contribution in [1.82, 2.24) is 19.7 Å². The van der Waals surface area contributed by atoms with Crippen molar-refractivity contribution in [2.45, 2.75) is 39.5 Å². The van der Waals surface area contributed by atoms with Crippen LogP contribution < -0.4 is 9.47 Å². The number of benzene rings is 2. The SMILES string of the molecule is CC1(C)COCCN1C=O.COc1cc2c(cc1-c1cncc(CO)c1)-c1c(c(C)nn1-c1cc(Cl)cc(Cl)c1)CO2. The number of hydrogen-bond donors (Lipinski definition) is 1. The molecule has 1 saturated heterocycles. The first-order valence-corrected chi connectivity index (χ1v) is 14.2. The predicted molar refractivity (Wildman–Crippen MR) is 161 cm³/mol. The van der Waals surface area contributed by atoms with Gasteiger partial charge in [-0.1, -0.05) is 23.2 Å². The molecular formula is C31H32Cl2N4O5. The third-order valence-electron chi connectivity index (χ3n) is 7.33. The Balaban J connectivity index is 0.000000300. The van der Waals surface area contributed by atoms with Gasteiger partial charge in [0.2, 0.25) is 6.41 Å². The summed E-state index contributed by atoms with van der Waals surface area (Å²) in [6, 6.07) is 11.1. The number of nitrogens with zero attached hydrogens (tertiary/aromatic N) is 4. The zero-order valence-corrected chi connectivity index (χ0v) is 25.4. The van der Waals surface area contributed by atoms with Gasteiger partial charge < -0.3 is 24.2 Å². The van der Waals surface area contributed by atoms with Gasteiger partial charge in [-0.05, 0) is 56.7 Å². The normalized spacial score (nSPS) is 15.1. The number of methoxy groups -OCH3 is 1. The number of aliphatic hydroxyl groups excluding tert-OH is 1. The number of amides is 1.